The number of hydrogen-bond acceptors (Lipinski definition) is 1. The van der Waals surface area contributed by atoms with E-state index in [1.165, 1.54) is 0 Å². The third-order valence-corrected chi connectivity index (χ3v) is 2.36. The highest BCUT2D eigenvalue weighted by molar-refractivity contribution is 6.33. The highest BCUT2D eigenvalue weighted by atomic mass is 35.5. The predicted octanol–water partition coefficient (Wildman–Crippen LogP) is 4.78. The number of halogens is 4. The van der Waals surface area contributed by atoms with Crippen molar-refractivity contribution in [1.29, 1.82) is 0 Å². The van der Waals surface area contributed by atoms with Crippen molar-refractivity contribution in [3.8, 4) is 11.3 Å². The number of benzene rings is 1. The summed E-state index contributed by atoms with van der Waals surface area (Å²) in [5, 5.41) is 5.89. The summed E-state index contributed by atoms with van der Waals surface area (Å²) in [6.07, 6.45) is -4.42. The van der Waals surface area contributed by atoms with Gasteiger partial charge >= 0.3 is 6.18 Å². The average Bonchev–Trinajstić information content (AvgIpc) is 2.81. The molecule has 0 fully saturated rings. The fourth-order valence-corrected chi connectivity index (χ4v) is 1.51. The van der Waals surface area contributed by atoms with Gasteiger partial charge in [-0.25, -0.2) is 0 Å². The number of nitrogens with one attached hydrogen (secondary N) is 1. The Bertz CT molecular complexity index is 506. The van der Waals surface area contributed by atoms with Crippen molar-refractivity contribution in [2.24, 2.45) is 0 Å². The predicted molar refractivity (Wildman–Crippen MR) is 65.4 cm³/mol. The lowest BCUT2D eigenvalue weighted by Crippen LogP contribution is -2.04. The third-order valence-electron chi connectivity index (χ3n) is 2.03. The fourth-order valence-electron chi connectivity index (χ4n) is 1.27. The van der Waals surface area contributed by atoms with Gasteiger partial charge in [0, 0.05) is 5.56 Å². The molecule has 0 saturated heterocycles. The van der Waals surface area contributed by atoms with Crippen LogP contribution in [0.2, 0.25) is 5.02 Å². The summed E-state index contributed by atoms with van der Waals surface area (Å²) < 4.78 is 36.9. The monoisotopic (exact) mass is 276 g/mol. The lowest BCUT2D eigenvalue weighted by molar-refractivity contribution is -0.141. The molecule has 0 radical (unpaired) electrons. The first-order valence-electron chi connectivity index (χ1n) is 5.36. The molecule has 2 aromatic rings. The summed E-state index contributed by atoms with van der Waals surface area (Å²) in [5.74, 6) is 0. The van der Waals surface area contributed by atoms with Crippen LogP contribution in [0.1, 0.15) is 19.5 Å². The van der Waals surface area contributed by atoms with Crippen molar-refractivity contribution < 1.29 is 13.2 Å². The molecule has 0 unspecified atom stereocenters. The average molecular weight is 277 g/mol. The molecule has 0 aliphatic heterocycles. The minimum absolute atomic E-state index is 0.179. The standard InChI is InChI=1S/C10H6ClF3N2.C2H6/c11-7-4-2-1-3-6(7)8-5-9(16-15-8)10(12,13)14;1-2/h1-5H,(H,15,16);1-2H3. The zero-order valence-corrected chi connectivity index (χ0v) is 10.6. The summed E-state index contributed by atoms with van der Waals surface area (Å²) in [5.41, 5.74) is -0.240. The summed E-state index contributed by atoms with van der Waals surface area (Å²) >= 11 is 5.85. The number of rotatable bonds is 1. The molecule has 0 aliphatic carbocycles. The molecule has 2 rings (SSSR count). The first kappa shape index (κ1) is 14.6. The second-order valence-electron chi connectivity index (χ2n) is 3.14. The van der Waals surface area contributed by atoms with Crippen molar-refractivity contribution in [2.75, 3.05) is 0 Å². The Morgan fingerprint density at radius 3 is 2.28 bits per heavy atom. The minimum atomic E-state index is -4.42. The van der Waals surface area contributed by atoms with Crippen molar-refractivity contribution in [2.45, 2.75) is 20.0 Å². The van der Waals surface area contributed by atoms with Crippen LogP contribution in [0.25, 0.3) is 11.3 Å². The van der Waals surface area contributed by atoms with Crippen LogP contribution in [0.5, 0.6) is 0 Å². The summed E-state index contributed by atoms with van der Waals surface area (Å²) in [4.78, 5) is 0. The van der Waals surface area contributed by atoms with Gasteiger partial charge in [-0.15, -0.1) is 0 Å². The Balaban J connectivity index is 0.000000771. The molecule has 18 heavy (non-hydrogen) atoms. The number of nitrogens with zero attached hydrogens (tertiary/aromatic N) is 1. The first-order chi connectivity index (χ1) is 8.48. The molecule has 1 N–H and O–H groups in total. The van der Waals surface area contributed by atoms with Gasteiger partial charge in [0.2, 0.25) is 0 Å². The topological polar surface area (TPSA) is 28.7 Å². The minimum Gasteiger partial charge on any atom is -0.273 e. The maximum atomic E-state index is 12.3. The smallest absolute Gasteiger partial charge is 0.273 e. The van der Waals surface area contributed by atoms with E-state index in [0.29, 0.717) is 10.6 Å². The van der Waals surface area contributed by atoms with Gasteiger partial charge in [0.05, 0.1) is 10.7 Å². The van der Waals surface area contributed by atoms with Crippen LogP contribution in [-0.2, 0) is 6.18 Å². The molecule has 1 aromatic heterocycles. The fraction of sp³-hybridized carbons (Fsp3) is 0.250. The number of hydrogen-bond donors (Lipinski definition) is 1. The molecule has 2 nitrogen and oxygen atoms in total. The van der Waals surface area contributed by atoms with E-state index in [1.54, 1.807) is 24.3 Å². The Kier molecular flexibility index (Phi) is 4.78. The van der Waals surface area contributed by atoms with Crippen molar-refractivity contribution in [1.82, 2.24) is 10.2 Å². The molecule has 98 valence electrons. The Morgan fingerprint density at radius 2 is 1.78 bits per heavy atom. The normalized spacial score (nSPS) is 10.8. The molecule has 0 saturated carbocycles. The Hall–Kier alpha value is -1.49. The van der Waals surface area contributed by atoms with Gasteiger partial charge in [-0.1, -0.05) is 43.6 Å². The highest BCUT2D eigenvalue weighted by Crippen LogP contribution is 2.32. The Labute approximate surface area is 108 Å². The summed E-state index contributed by atoms with van der Waals surface area (Å²) in [6, 6.07) is 7.52. The maximum Gasteiger partial charge on any atom is 0.432 e. The van der Waals surface area contributed by atoms with Gasteiger partial charge in [0.1, 0.15) is 5.69 Å². The van der Waals surface area contributed by atoms with Crippen molar-refractivity contribution in [3.63, 3.8) is 0 Å². The molecule has 0 aliphatic rings. The van der Waals surface area contributed by atoms with E-state index >= 15 is 0 Å². The SMILES string of the molecule is CC.FC(F)(F)c1cc(-c2ccccc2Cl)n[nH]1. The third kappa shape index (κ3) is 3.26. The van der Waals surface area contributed by atoms with Crippen LogP contribution < -0.4 is 0 Å². The van der Waals surface area contributed by atoms with Gasteiger partial charge in [-0.3, -0.25) is 5.10 Å². The molecule has 0 spiro atoms. The van der Waals surface area contributed by atoms with Gasteiger partial charge < -0.3 is 0 Å². The van der Waals surface area contributed by atoms with E-state index in [4.69, 9.17) is 11.6 Å². The van der Waals surface area contributed by atoms with Crippen LogP contribution in [0.3, 0.4) is 0 Å². The zero-order valence-electron chi connectivity index (χ0n) is 9.85. The van der Waals surface area contributed by atoms with E-state index in [0.717, 1.165) is 6.07 Å². The second-order valence-corrected chi connectivity index (χ2v) is 3.55. The van der Waals surface area contributed by atoms with Crippen LogP contribution in [-0.4, -0.2) is 10.2 Å². The van der Waals surface area contributed by atoms with Gasteiger partial charge in [-0.05, 0) is 12.1 Å². The van der Waals surface area contributed by atoms with Crippen LogP contribution >= 0.6 is 11.6 Å². The highest BCUT2D eigenvalue weighted by Gasteiger charge is 2.33. The molecule has 0 bridgehead atoms. The molecule has 1 heterocycles. The largest absolute Gasteiger partial charge is 0.432 e. The molecule has 6 heteroatoms. The zero-order chi connectivity index (χ0) is 13.8. The second kappa shape index (κ2) is 5.91. The lowest BCUT2D eigenvalue weighted by atomic mass is 10.1. The maximum absolute atomic E-state index is 12.3. The van der Waals surface area contributed by atoms with E-state index in [1.807, 2.05) is 18.9 Å². The summed E-state index contributed by atoms with van der Waals surface area (Å²) in [7, 11) is 0. The number of H-pyrrole nitrogens is 1. The van der Waals surface area contributed by atoms with Gasteiger partial charge in [0.25, 0.3) is 0 Å². The number of aromatic nitrogens is 2. The molecule has 1 aromatic carbocycles. The van der Waals surface area contributed by atoms with E-state index < -0.39 is 11.9 Å². The van der Waals surface area contributed by atoms with Crippen LogP contribution in [0, 0.1) is 0 Å². The van der Waals surface area contributed by atoms with Gasteiger partial charge in [0.15, 0.2) is 0 Å². The quantitative estimate of drug-likeness (QED) is 0.798. The van der Waals surface area contributed by atoms with E-state index in [2.05, 4.69) is 5.10 Å². The molecule has 0 amide bonds. The van der Waals surface area contributed by atoms with Crippen molar-refractivity contribution >= 4 is 11.6 Å². The molecular formula is C12H12ClF3N2. The van der Waals surface area contributed by atoms with Crippen molar-refractivity contribution in [3.05, 3.63) is 41.0 Å². The summed E-state index contributed by atoms with van der Waals surface area (Å²) in [6.45, 7) is 4.00. The Morgan fingerprint density at radius 1 is 1.17 bits per heavy atom. The molecule has 0 atom stereocenters. The van der Waals surface area contributed by atoms with Crippen LogP contribution in [0.15, 0.2) is 30.3 Å². The van der Waals surface area contributed by atoms with Gasteiger partial charge in [-0.2, -0.15) is 18.3 Å². The van der Waals surface area contributed by atoms with E-state index in [9.17, 15) is 13.2 Å². The molecular weight excluding hydrogens is 265 g/mol. The number of alkyl halides is 3. The number of aromatic amines is 1. The lowest BCUT2D eigenvalue weighted by Gasteiger charge is -2.00. The van der Waals surface area contributed by atoms with E-state index in [-0.39, 0.29) is 5.69 Å². The van der Waals surface area contributed by atoms with Crippen LogP contribution in [0.4, 0.5) is 13.2 Å². The first-order valence-corrected chi connectivity index (χ1v) is 5.74.